The van der Waals surface area contributed by atoms with Gasteiger partial charge in [-0.1, -0.05) is 0 Å². The van der Waals surface area contributed by atoms with Crippen molar-refractivity contribution in [2.75, 3.05) is 75.9 Å². The molecule has 2 fully saturated rings. The molecule has 0 atom stereocenters. The van der Waals surface area contributed by atoms with E-state index in [-0.39, 0.29) is 11.7 Å². The predicted octanol–water partition coefficient (Wildman–Crippen LogP) is 0.274. The molecule has 3 aliphatic rings. The summed E-state index contributed by atoms with van der Waals surface area (Å²) in [7, 11) is 2.04. The number of nitrogens with zero attached hydrogens (tertiary/aromatic N) is 7. The monoisotopic (exact) mass is 408 g/mol. The second-order valence-electron chi connectivity index (χ2n) is 7.49. The highest BCUT2D eigenvalue weighted by Gasteiger charge is 2.31. The molecule has 4 heterocycles. The van der Waals surface area contributed by atoms with Gasteiger partial charge in [-0.3, -0.25) is 5.01 Å². The van der Waals surface area contributed by atoms with E-state index in [2.05, 4.69) is 9.88 Å². The van der Waals surface area contributed by atoms with Gasteiger partial charge in [0.1, 0.15) is 11.4 Å². The molecule has 11 heteroatoms. The number of likely N-dealkylation sites (N-methyl/N-ethyl adjacent to an activating group) is 1. The number of urea groups is 1. The molecule has 1 aromatic heterocycles. The third-order valence-electron chi connectivity index (χ3n) is 5.67. The number of halogens is 2. The third kappa shape index (κ3) is 3.79. The Morgan fingerprint density at radius 1 is 1.03 bits per heavy atom. The lowest BCUT2D eigenvalue weighted by Gasteiger charge is -2.41. The molecule has 0 aromatic carbocycles. The molecule has 2 amide bonds. The summed E-state index contributed by atoms with van der Waals surface area (Å²) in [5.74, 6) is 3.76. The lowest BCUT2D eigenvalue weighted by Crippen LogP contribution is -2.56. The number of hydrogen-bond donors (Lipinski definition) is 1. The minimum Gasteiger partial charge on any atom is -0.364 e. The van der Waals surface area contributed by atoms with E-state index in [9.17, 15) is 13.6 Å². The number of rotatable bonds is 2. The first-order chi connectivity index (χ1) is 14.0. The summed E-state index contributed by atoms with van der Waals surface area (Å²) in [5.41, 5.74) is 0.526. The topological polar surface area (TPSA) is 75.4 Å². The Morgan fingerprint density at radius 2 is 1.66 bits per heavy atom. The van der Waals surface area contributed by atoms with Crippen LogP contribution in [0.15, 0.2) is 18.5 Å². The van der Waals surface area contributed by atoms with E-state index >= 15 is 0 Å². The summed E-state index contributed by atoms with van der Waals surface area (Å²) in [4.78, 5) is 23.9. The fourth-order valence-corrected chi connectivity index (χ4v) is 3.91. The first-order valence-electron chi connectivity index (χ1n) is 9.75. The number of anilines is 2. The number of hydrogen-bond acceptors (Lipinski definition) is 7. The second-order valence-corrected chi connectivity index (χ2v) is 7.49. The fourth-order valence-electron chi connectivity index (χ4n) is 3.91. The van der Waals surface area contributed by atoms with Gasteiger partial charge in [0.25, 0.3) is 5.95 Å². The lowest BCUT2D eigenvalue weighted by atomic mass is 10.2. The van der Waals surface area contributed by atoms with E-state index in [0.717, 1.165) is 13.1 Å². The number of hydrazine groups is 2. The number of aromatic nitrogens is 1. The maximum absolute atomic E-state index is 14.7. The summed E-state index contributed by atoms with van der Waals surface area (Å²) in [6.07, 6.45) is 4.76. The van der Waals surface area contributed by atoms with Crippen molar-refractivity contribution in [1.29, 1.82) is 0 Å². The van der Waals surface area contributed by atoms with Gasteiger partial charge in [-0.25, -0.2) is 20.7 Å². The van der Waals surface area contributed by atoms with Gasteiger partial charge in [0.15, 0.2) is 0 Å². The summed E-state index contributed by atoms with van der Waals surface area (Å²) in [5, 5.41) is 2.94. The number of pyridine rings is 1. The Morgan fingerprint density at radius 3 is 2.24 bits per heavy atom. The van der Waals surface area contributed by atoms with E-state index in [1.54, 1.807) is 21.0 Å². The van der Waals surface area contributed by atoms with Crippen LogP contribution in [0.2, 0.25) is 0 Å². The highest BCUT2D eigenvalue weighted by atomic mass is 19.2. The average molecular weight is 408 g/mol. The molecule has 2 N–H and O–H groups in total. The molecule has 2 saturated heterocycles. The SMILES string of the molecule is CN1CCN(C(=O)N2CCN(c3c(N4CC=CN4N)cnc(F)c3F)CC2)CC1. The van der Waals surface area contributed by atoms with Gasteiger partial charge >= 0.3 is 6.03 Å². The maximum Gasteiger partial charge on any atom is 0.320 e. The van der Waals surface area contributed by atoms with E-state index in [4.69, 9.17) is 5.84 Å². The molecule has 0 aliphatic carbocycles. The van der Waals surface area contributed by atoms with Crippen molar-refractivity contribution < 1.29 is 13.6 Å². The van der Waals surface area contributed by atoms with Gasteiger partial charge in [0.2, 0.25) is 5.82 Å². The number of carbonyl (C=O) groups excluding carboxylic acids is 1. The molecule has 9 nitrogen and oxygen atoms in total. The zero-order valence-electron chi connectivity index (χ0n) is 16.5. The lowest BCUT2D eigenvalue weighted by molar-refractivity contribution is 0.120. The zero-order valence-corrected chi connectivity index (χ0v) is 16.5. The van der Waals surface area contributed by atoms with Crippen molar-refractivity contribution in [2.24, 2.45) is 5.84 Å². The summed E-state index contributed by atoms with van der Waals surface area (Å²) < 4.78 is 28.6. The van der Waals surface area contributed by atoms with Crippen molar-refractivity contribution >= 4 is 17.4 Å². The van der Waals surface area contributed by atoms with Crippen molar-refractivity contribution in [3.8, 4) is 0 Å². The zero-order chi connectivity index (χ0) is 20.5. The molecule has 0 bridgehead atoms. The van der Waals surface area contributed by atoms with Crippen LogP contribution in [0.4, 0.5) is 25.0 Å². The average Bonchev–Trinajstić information content (AvgIpc) is 3.16. The number of nitrogens with two attached hydrogens (primary N) is 1. The van der Waals surface area contributed by atoms with E-state index < -0.39 is 11.8 Å². The van der Waals surface area contributed by atoms with Gasteiger partial charge < -0.3 is 19.6 Å². The molecule has 0 spiro atoms. The van der Waals surface area contributed by atoms with Crippen molar-refractivity contribution in [3.63, 3.8) is 0 Å². The largest absolute Gasteiger partial charge is 0.364 e. The third-order valence-corrected chi connectivity index (χ3v) is 5.67. The Hall–Kier alpha value is -2.66. The summed E-state index contributed by atoms with van der Waals surface area (Å²) in [6, 6.07) is 0.0104. The van der Waals surface area contributed by atoms with Crippen LogP contribution in [0.1, 0.15) is 0 Å². The van der Waals surface area contributed by atoms with E-state index in [0.29, 0.717) is 51.5 Å². The maximum atomic E-state index is 14.7. The van der Waals surface area contributed by atoms with Crippen LogP contribution in [-0.2, 0) is 0 Å². The van der Waals surface area contributed by atoms with Crippen molar-refractivity contribution in [1.82, 2.24) is 24.8 Å². The van der Waals surface area contributed by atoms with Crippen LogP contribution in [0.3, 0.4) is 0 Å². The molecule has 0 radical (unpaired) electrons. The van der Waals surface area contributed by atoms with E-state index in [1.165, 1.54) is 11.3 Å². The van der Waals surface area contributed by atoms with Crippen LogP contribution < -0.4 is 15.8 Å². The predicted molar refractivity (Wildman–Crippen MR) is 105 cm³/mol. The highest BCUT2D eigenvalue weighted by Crippen LogP contribution is 2.34. The first kappa shape index (κ1) is 19.6. The molecule has 158 valence electrons. The van der Waals surface area contributed by atoms with Crippen LogP contribution in [-0.4, -0.2) is 96.8 Å². The minimum atomic E-state index is -1.14. The quantitative estimate of drug-likeness (QED) is 0.556. The summed E-state index contributed by atoms with van der Waals surface area (Å²) in [6.45, 7) is 5.26. The van der Waals surface area contributed by atoms with Crippen LogP contribution in [0, 0.1) is 11.8 Å². The van der Waals surface area contributed by atoms with Gasteiger partial charge in [-0.2, -0.15) is 8.78 Å². The number of carbonyl (C=O) groups is 1. The van der Waals surface area contributed by atoms with Crippen LogP contribution >= 0.6 is 0 Å². The molecular weight excluding hydrogens is 382 g/mol. The number of amides is 2. The molecule has 0 saturated carbocycles. The van der Waals surface area contributed by atoms with Crippen LogP contribution in [0.5, 0.6) is 0 Å². The molecule has 4 rings (SSSR count). The molecular formula is C18H26F2N8O. The normalized spacial score (nSPS) is 20.8. The Bertz CT molecular complexity index is 790. The standard InChI is InChI=1S/C18H26F2N8O/c1-23-5-7-25(8-6-23)18(29)26-11-9-24(10-12-26)16-14(13-22-17(20)15(16)19)27-3-2-4-28(27)21/h2,4,13H,3,5-12,21H2,1H3. The van der Waals surface area contributed by atoms with Gasteiger partial charge in [-0.05, 0) is 13.1 Å². The number of piperazine rings is 2. The summed E-state index contributed by atoms with van der Waals surface area (Å²) >= 11 is 0. The van der Waals surface area contributed by atoms with Gasteiger partial charge in [-0.15, -0.1) is 0 Å². The molecule has 1 aromatic rings. The van der Waals surface area contributed by atoms with Gasteiger partial charge in [0, 0.05) is 58.6 Å². The van der Waals surface area contributed by atoms with E-state index in [1.807, 2.05) is 18.0 Å². The minimum absolute atomic E-state index is 0.0104. The Labute approximate surface area is 168 Å². The molecule has 29 heavy (non-hydrogen) atoms. The van der Waals surface area contributed by atoms with Gasteiger partial charge in [0.05, 0.1) is 12.7 Å². The Balaban J connectivity index is 1.47. The highest BCUT2D eigenvalue weighted by molar-refractivity contribution is 5.76. The smallest absolute Gasteiger partial charge is 0.320 e. The first-order valence-corrected chi connectivity index (χ1v) is 9.75. The van der Waals surface area contributed by atoms with Crippen molar-refractivity contribution in [3.05, 3.63) is 30.2 Å². The fraction of sp³-hybridized carbons (Fsp3) is 0.556. The molecule has 0 unspecified atom stereocenters. The van der Waals surface area contributed by atoms with Crippen molar-refractivity contribution in [2.45, 2.75) is 0 Å². The Kier molecular flexibility index (Phi) is 5.41. The molecule has 3 aliphatic heterocycles. The second kappa shape index (κ2) is 7.99. The van der Waals surface area contributed by atoms with Crippen LogP contribution in [0.25, 0.3) is 0 Å².